The number of halogens is 1. The third-order valence-corrected chi connectivity index (χ3v) is 6.58. The lowest BCUT2D eigenvalue weighted by molar-refractivity contribution is -0.154. The summed E-state index contributed by atoms with van der Waals surface area (Å²) in [5.41, 5.74) is 4.46. The van der Waals surface area contributed by atoms with Crippen molar-refractivity contribution in [2.75, 3.05) is 12.4 Å². The molecule has 178 valence electrons. The topological polar surface area (TPSA) is 56.8 Å². The van der Waals surface area contributed by atoms with Crippen LogP contribution in [-0.4, -0.2) is 13.1 Å². The number of anilines is 1. The first-order valence-electron chi connectivity index (χ1n) is 11.3. The number of aryl methyl sites for hydroxylation is 1. The van der Waals surface area contributed by atoms with Crippen molar-refractivity contribution < 1.29 is 19.0 Å². The van der Waals surface area contributed by atoms with Gasteiger partial charge >= 0.3 is 5.97 Å². The minimum Gasteiger partial charge on any atom is -0.493 e. The number of esters is 1. The number of benzene rings is 3. The number of carbonyl (C=O) groups excluding carboxylic acids is 1. The van der Waals surface area contributed by atoms with Gasteiger partial charge in [0, 0.05) is 34.2 Å². The fraction of sp³-hybridized carbons (Fsp3) is 0.321. The number of hydrogen-bond acceptors (Lipinski definition) is 5. The number of ether oxygens (including phenoxy) is 3. The summed E-state index contributed by atoms with van der Waals surface area (Å²) in [7, 11) is 1.63. The third kappa shape index (κ3) is 4.71. The molecule has 4 rings (SSSR count). The molecule has 6 heteroatoms. The molecule has 0 saturated heterocycles. The Morgan fingerprint density at radius 1 is 1.06 bits per heavy atom. The van der Waals surface area contributed by atoms with E-state index in [-0.39, 0.29) is 12.0 Å². The molecular weight excluding hydrogens is 450 g/mol. The maximum absolute atomic E-state index is 12.1. The molecule has 0 radical (unpaired) electrons. The van der Waals surface area contributed by atoms with Gasteiger partial charge in [0.25, 0.3) is 0 Å². The number of para-hydroxylation sites is 1. The molecule has 0 bridgehead atoms. The monoisotopic (exact) mass is 479 g/mol. The number of fused-ring (bicyclic) bond motifs is 1. The zero-order valence-electron chi connectivity index (χ0n) is 20.1. The van der Waals surface area contributed by atoms with Crippen LogP contribution in [0.1, 0.15) is 55.2 Å². The smallest absolute Gasteiger partial charge is 0.303 e. The van der Waals surface area contributed by atoms with Crippen molar-refractivity contribution in [3.63, 3.8) is 0 Å². The lowest BCUT2D eigenvalue weighted by Crippen LogP contribution is -2.40. The molecular formula is C28H30ClNO4. The Morgan fingerprint density at radius 3 is 2.47 bits per heavy atom. The first-order chi connectivity index (χ1) is 16.2. The van der Waals surface area contributed by atoms with Gasteiger partial charge in [-0.2, -0.15) is 0 Å². The summed E-state index contributed by atoms with van der Waals surface area (Å²) >= 11 is 6.03. The van der Waals surface area contributed by atoms with Crippen molar-refractivity contribution in [1.82, 2.24) is 0 Å². The number of hydrogen-bond donors (Lipinski definition) is 1. The summed E-state index contributed by atoms with van der Waals surface area (Å²) in [5.74, 6) is 0.987. The largest absolute Gasteiger partial charge is 0.493 e. The van der Waals surface area contributed by atoms with E-state index in [2.05, 4.69) is 31.3 Å². The van der Waals surface area contributed by atoms with Gasteiger partial charge in [0.05, 0.1) is 13.2 Å². The number of carbonyl (C=O) groups is 1. The Kier molecular flexibility index (Phi) is 6.76. The first-order valence-corrected chi connectivity index (χ1v) is 11.7. The van der Waals surface area contributed by atoms with Gasteiger partial charge in [-0.15, -0.1) is 0 Å². The molecule has 2 unspecified atom stereocenters. The maximum atomic E-state index is 12.1. The highest BCUT2D eigenvalue weighted by atomic mass is 35.5. The molecule has 34 heavy (non-hydrogen) atoms. The van der Waals surface area contributed by atoms with E-state index in [4.69, 9.17) is 25.8 Å². The van der Waals surface area contributed by atoms with Gasteiger partial charge in [-0.1, -0.05) is 67.4 Å². The molecule has 0 spiro atoms. The van der Waals surface area contributed by atoms with Crippen LogP contribution in [0, 0.1) is 12.3 Å². The second-order valence-corrected chi connectivity index (χ2v) is 9.71. The SMILES string of the molecule is COc1cccc(C2Nc3ccc(C)cc3C(OC(C)=O)C2(C)C)c1OCc1ccc(Cl)cc1. The van der Waals surface area contributed by atoms with E-state index >= 15 is 0 Å². The molecule has 1 heterocycles. The predicted molar refractivity (Wildman–Crippen MR) is 135 cm³/mol. The van der Waals surface area contributed by atoms with Crippen LogP contribution in [-0.2, 0) is 16.1 Å². The zero-order chi connectivity index (χ0) is 24.5. The van der Waals surface area contributed by atoms with E-state index in [9.17, 15) is 4.79 Å². The van der Waals surface area contributed by atoms with Gasteiger partial charge in [0.15, 0.2) is 11.5 Å². The molecule has 0 aliphatic carbocycles. The molecule has 0 amide bonds. The highest BCUT2D eigenvalue weighted by molar-refractivity contribution is 6.30. The number of nitrogens with one attached hydrogen (secondary N) is 1. The van der Waals surface area contributed by atoms with Crippen LogP contribution in [0.25, 0.3) is 0 Å². The van der Waals surface area contributed by atoms with Gasteiger partial charge in [0.2, 0.25) is 0 Å². The Bertz CT molecular complexity index is 1190. The van der Waals surface area contributed by atoms with Crippen LogP contribution in [0.2, 0.25) is 5.02 Å². The summed E-state index contributed by atoms with van der Waals surface area (Å²) in [5, 5.41) is 4.37. The van der Waals surface area contributed by atoms with E-state index in [1.165, 1.54) is 6.92 Å². The Morgan fingerprint density at radius 2 is 1.79 bits per heavy atom. The molecule has 0 aromatic heterocycles. The van der Waals surface area contributed by atoms with E-state index in [1.54, 1.807) is 7.11 Å². The minimum absolute atomic E-state index is 0.206. The quantitative estimate of drug-likeness (QED) is 0.384. The molecule has 0 fully saturated rings. The van der Waals surface area contributed by atoms with Crippen LogP contribution in [0.5, 0.6) is 11.5 Å². The van der Waals surface area contributed by atoms with Gasteiger partial charge in [0.1, 0.15) is 12.7 Å². The molecule has 1 N–H and O–H groups in total. The van der Waals surface area contributed by atoms with Gasteiger partial charge in [-0.3, -0.25) is 4.79 Å². The van der Waals surface area contributed by atoms with Crippen molar-refractivity contribution in [1.29, 1.82) is 0 Å². The summed E-state index contributed by atoms with van der Waals surface area (Å²) in [6.07, 6.45) is -0.429. The molecule has 5 nitrogen and oxygen atoms in total. The fourth-order valence-corrected chi connectivity index (χ4v) is 4.72. The van der Waals surface area contributed by atoms with Crippen LogP contribution in [0.3, 0.4) is 0 Å². The molecule has 1 aliphatic rings. The van der Waals surface area contributed by atoms with Crippen molar-refractivity contribution in [2.24, 2.45) is 5.41 Å². The van der Waals surface area contributed by atoms with E-state index in [0.717, 1.165) is 27.9 Å². The van der Waals surface area contributed by atoms with Crippen molar-refractivity contribution in [2.45, 2.75) is 46.4 Å². The Balaban J connectivity index is 1.77. The summed E-state index contributed by atoms with van der Waals surface area (Å²) in [4.78, 5) is 12.1. The molecule has 0 saturated carbocycles. The highest BCUT2D eigenvalue weighted by Crippen LogP contribution is 2.55. The fourth-order valence-electron chi connectivity index (χ4n) is 4.60. The predicted octanol–water partition coefficient (Wildman–Crippen LogP) is 7.03. The van der Waals surface area contributed by atoms with E-state index in [1.807, 2.05) is 55.5 Å². The van der Waals surface area contributed by atoms with Crippen molar-refractivity contribution in [3.8, 4) is 11.5 Å². The van der Waals surface area contributed by atoms with Crippen molar-refractivity contribution in [3.05, 3.63) is 87.9 Å². The lowest BCUT2D eigenvalue weighted by Gasteiger charge is -2.46. The normalized spacial score (nSPS) is 18.4. The van der Waals surface area contributed by atoms with Gasteiger partial charge < -0.3 is 19.5 Å². The zero-order valence-corrected chi connectivity index (χ0v) is 20.9. The van der Waals surface area contributed by atoms with E-state index < -0.39 is 11.5 Å². The second-order valence-electron chi connectivity index (χ2n) is 9.27. The van der Waals surface area contributed by atoms with Gasteiger partial charge in [-0.05, 0) is 36.8 Å². The summed E-state index contributed by atoms with van der Waals surface area (Å²) < 4.78 is 17.9. The maximum Gasteiger partial charge on any atom is 0.303 e. The van der Waals surface area contributed by atoms with Crippen LogP contribution in [0.4, 0.5) is 5.69 Å². The summed E-state index contributed by atoms with van der Waals surface area (Å²) in [6, 6.07) is 19.4. The van der Waals surface area contributed by atoms with Crippen molar-refractivity contribution >= 4 is 23.3 Å². The van der Waals surface area contributed by atoms with Crippen LogP contribution < -0.4 is 14.8 Å². The molecule has 1 aliphatic heterocycles. The molecule has 3 aromatic carbocycles. The van der Waals surface area contributed by atoms with Gasteiger partial charge in [-0.25, -0.2) is 0 Å². The minimum atomic E-state index is -0.489. The molecule has 3 aromatic rings. The second kappa shape index (κ2) is 9.59. The standard InChI is InChI=1S/C28H30ClNO4/c1-17-9-14-23-22(15-17)27(34-18(2)31)28(3,4)26(30-23)21-7-6-8-24(32-5)25(21)33-16-19-10-12-20(29)13-11-19/h6-15,26-27,30H,16H2,1-5H3. The van der Waals surface area contributed by atoms with E-state index in [0.29, 0.717) is 23.1 Å². The first kappa shape index (κ1) is 24.0. The van der Waals surface area contributed by atoms with Crippen LogP contribution >= 0.6 is 11.6 Å². The third-order valence-electron chi connectivity index (χ3n) is 6.33. The molecule has 2 atom stereocenters. The average Bonchev–Trinajstić information content (AvgIpc) is 2.80. The Labute approximate surface area is 206 Å². The highest BCUT2D eigenvalue weighted by Gasteiger charge is 2.47. The average molecular weight is 480 g/mol. The Hall–Kier alpha value is -3.18. The number of methoxy groups -OCH3 is 1. The number of rotatable bonds is 6. The van der Waals surface area contributed by atoms with Crippen LogP contribution in [0.15, 0.2) is 60.7 Å². The summed E-state index contributed by atoms with van der Waals surface area (Å²) in [6.45, 7) is 8.06. The lowest BCUT2D eigenvalue weighted by atomic mass is 9.70.